The minimum atomic E-state index is -3.49. The molecule has 0 saturated carbocycles. The van der Waals surface area contributed by atoms with Crippen LogP contribution in [0.1, 0.15) is 20.3 Å². The van der Waals surface area contributed by atoms with E-state index in [-0.39, 0.29) is 11.6 Å². The predicted molar refractivity (Wildman–Crippen MR) is 58.9 cm³/mol. The van der Waals surface area contributed by atoms with Crippen LogP contribution in [-0.4, -0.2) is 52.4 Å². The van der Waals surface area contributed by atoms with E-state index in [1.165, 1.54) is 6.92 Å². The Kier molecular flexibility index (Phi) is 4.47. The van der Waals surface area contributed by atoms with Gasteiger partial charge in [-0.2, -0.15) is 8.42 Å². The molecule has 96 valence electrons. The summed E-state index contributed by atoms with van der Waals surface area (Å²) in [6.45, 7) is 4.05. The molecule has 1 aliphatic rings. The molecule has 8 heteroatoms. The van der Waals surface area contributed by atoms with Crippen LogP contribution in [0.2, 0.25) is 0 Å². The normalized spacial score (nSPS) is 29.4. The lowest BCUT2D eigenvalue weighted by atomic mass is 10.1. The second-order valence-electron chi connectivity index (χ2n) is 4.11. The first-order chi connectivity index (χ1) is 7.26. The van der Waals surface area contributed by atoms with Gasteiger partial charge in [0.05, 0.1) is 17.2 Å². The smallest absolute Gasteiger partial charge is 0.267 e. The van der Waals surface area contributed by atoms with Crippen molar-refractivity contribution in [3.05, 3.63) is 0 Å². The highest BCUT2D eigenvalue weighted by atomic mass is 32.2. The van der Waals surface area contributed by atoms with Gasteiger partial charge in [-0.15, -0.1) is 0 Å². The molecule has 0 amide bonds. The van der Waals surface area contributed by atoms with Crippen molar-refractivity contribution >= 4 is 21.2 Å². The van der Waals surface area contributed by atoms with E-state index in [1.807, 2.05) is 0 Å². The quantitative estimate of drug-likeness (QED) is 0.501. The fraction of sp³-hybridized carbons (Fsp3) is 1.00. The van der Waals surface area contributed by atoms with E-state index in [0.717, 1.165) is 0 Å². The van der Waals surface area contributed by atoms with Crippen molar-refractivity contribution in [1.29, 1.82) is 0 Å². The number of likely N-dealkylation sites (tertiary alicyclic amines) is 1. The first-order valence-corrected chi connectivity index (χ1v) is 7.80. The van der Waals surface area contributed by atoms with Gasteiger partial charge >= 0.3 is 0 Å². The Hall–Kier alpha value is -0.0200. The molecule has 0 bridgehead atoms. The molecular weight excluding hydrogens is 254 g/mol. The number of nitrogens with zero attached hydrogens (tertiary/aromatic N) is 1. The van der Waals surface area contributed by atoms with E-state index in [4.69, 9.17) is 4.18 Å². The van der Waals surface area contributed by atoms with Gasteiger partial charge in [0.1, 0.15) is 0 Å². The molecule has 0 aromatic carbocycles. The average Bonchev–Trinajstić information content (AvgIpc) is 2.45. The zero-order chi connectivity index (χ0) is 12.4. The molecule has 0 aromatic heterocycles. The second kappa shape index (κ2) is 5.09. The van der Waals surface area contributed by atoms with Crippen LogP contribution < -0.4 is 0 Å². The van der Waals surface area contributed by atoms with Gasteiger partial charge in [-0.1, -0.05) is 0 Å². The summed E-state index contributed by atoms with van der Waals surface area (Å²) in [4.78, 5) is 1.66. The molecule has 0 spiro atoms. The maximum Gasteiger partial charge on any atom is 0.267 e. The van der Waals surface area contributed by atoms with E-state index in [0.29, 0.717) is 19.5 Å². The fourth-order valence-electron chi connectivity index (χ4n) is 1.72. The Labute approximate surface area is 98.4 Å². The van der Waals surface area contributed by atoms with Crippen molar-refractivity contribution < 1.29 is 21.4 Å². The molecule has 1 heterocycles. The Morgan fingerprint density at radius 1 is 1.56 bits per heavy atom. The lowest BCUT2D eigenvalue weighted by molar-refractivity contribution is 0.107. The van der Waals surface area contributed by atoms with E-state index < -0.39 is 26.8 Å². The van der Waals surface area contributed by atoms with Gasteiger partial charge in [0.15, 0.2) is 0 Å². The molecule has 6 nitrogen and oxygen atoms in total. The van der Waals surface area contributed by atoms with Crippen molar-refractivity contribution in [2.24, 2.45) is 0 Å². The van der Waals surface area contributed by atoms with Crippen LogP contribution in [0.5, 0.6) is 0 Å². The lowest BCUT2D eigenvalue weighted by Crippen LogP contribution is -2.36. The monoisotopic (exact) mass is 270 g/mol. The molecule has 1 rings (SSSR count). The van der Waals surface area contributed by atoms with Crippen LogP contribution in [0, 0.1) is 0 Å². The fourth-order valence-corrected chi connectivity index (χ4v) is 3.10. The number of rotatable bonds is 5. The molecule has 16 heavy (non-hydrogen) atoms. The summed E-state index contributed by atoms with van der Waals surface area (Å²) in [5.41, 5.74) is -0.797. The minimum absolute atomic E-state index is 0.0733. The summed E-state index contributed by atoms with van der Waals surface area (Å²) in [5.74, 6) is -0.152. The van der Waals surface area contributed by atoms with Gasteiger partial charge in [0.2, 0.25) is 0 Å². The van der Waals surface area contributed by atoms with E-state index in [2.05, 4.69) is 0 Å². The maximum atomic E-state index is 11.3. The highest BCUT2D eigenvalue weighted by Crippen LogP contribution is 2.26. The van der Waals surface area contributed by atoms with E-state index in [9.17, 15) is 17.2 Å². The molecule has 2 atom stereocenters. The zero-order valence-corrected chi connectivity index (χ0v) is 11.0. The lowest BCUT2D eigenvalue weighted by Gasteiger charge is -2.24. The molecule has 0 radical (unpaired) electrons. The minimum Gasteiger partial charge on any atom is -0.771 e. The Bertz CT molecular complexity index is 369. The third-order valence-corrected chi connectivity index (χ3v) is 4.42. The number of hydrogen-bond acceptors (Lipinski definition) is 6. The molecule has 2 unspecified atom stereocenters. The summed E-state index contributed by atoms with van der Waals surface area (Å²) < 4.78 is 48.7. The molecular formula is C8H16NO5S2-. The number of hydrogen-bond donors (Lipinski definition) is 0. The Balaban J connectivity index is 2.59. The topological polar surface area (TPSA) is 86.7 Å². The standard InChI is InChI=1S/C8H17NO5S2/c1-3-16(12,13)14-8(2)4-5-9(6-8)7-15(10)11/h3-7H2,1-2H3,(H,10,11)/p-1. The van der Waals surface area contributed by atoms with Crippen molar-refractivity contribution in [2.75, 3.05) is 24.7 Å². The molecule has 1 fully saturated rings. The Morgan fingerprint density at radius 2 is 2.19 bits per heavy atom. The molecule has 1 saturated heterocycles. The Morgan fingerprint density at radius 3 is 2.69 bits per heavy atom. The first-order valence-electron chi connectivity index (χ1n) is 4.98. The summed E-state index contributed by atoms with van der Waals surface area (Å²) in [5, 5.41) is 0. The van der Waals surface area contributed by atoms with Crippen LogP contribution in [0.25, 0.3) is 0 Å². The molecule has 1 aliphatic heterocycles. The van der Waals surface area contributed by atoms with Crippen LogP contribution in [0.3, 0.4) is 0 Å². The highest BCUT2D eigenvalue weighted by Gasteiger charge is 2.38. The summed E-state index contributed by atoms with van der Waals surface area (Å²) in [7, 11) is -3.49. The van der Waals surface area contributed by atoms with E-state index >= 15 is 0 Å². The van der Waals surface area contributed by atoms with Crippen molar-refractivity contribution in [1.82, 2.24) is 4.90 Å². The van der Waals surface area contributed by atoms with Gasteiger partial charge in [0, 0.05) is 13.1 Å². The molecule has 0 aromatic rings. The highest BCUT2D eigenvalue weighted by molar-refractivity contribution is 7.86. The van der Waals surface area contributed by atoms with Crippen molar-refractivity contribution in [3.8, 4) is 0 Å². The predicted octanol–water partition coefficient (Wildman–Crippen LogP) is -0.346. The maximum absolute atomic E-state index is 11.3. The zero-order valence-electron chi connectivity index (χ0n) is 9.34. The second-order valence-corrected chi connectivity index (χ2v) is 6.84. The van der Waals surface area contributed by atoms with Gasteiger partial charge < -0.3 is 4.55 Å². The SMILES string of the molecule is CCS(=O)(=O)OC1(C)CCN(CS(=O)[O-])C1. The molecule has 0 N–H and O–H groups in total. The third-order valence-electron chi connectivity index (χ3n) is 2.48. The van der Waals surface area contributed by atoms with Crippen molar-refractivity contribution in [2.45, 2.75) is 25.9 Å². The van der Waals surface area contributed by atoms with Gasteiger partial charge in [-0.25, -0.2) is 0 Å². The largest absolute Gasteiger partial charge is 0.771 e. The van der Waals surface area contributed by atoms with Crippen LogP contribution in [-0.2, 0) is 25.4 Å². The average molecular weight is 270 g/mol. The van der Waals surface area contributed by atoms with Crippen LogP contribution in [0.4, 0.5) is 0 Å². The van der Waals surface area contributed by atoms with Gasteiger partial charge in [0.25, 0.3) is 10.1 Å². The van der Waals surface area contributed by atoms with Crippen molar-refractivity contribution in [3.63, 3.8) is 0 Å². The third kappa shape index (κ3) is 4.10. The van der Waals surface area contributed by atoms with Gasteiger partial charge in [-0.3, -0.25) is 13.3 Å². The summed E-state index contributed by atoms with van der Waals surface area (Å²) in [6.07, 6.45) is 0.517. The van der Waals surface area contributed by atoms with Gasteiger partial charge in [-0.05, 0) is 31.3 Å². The van der Waals surface area contributed by atoms with E-state index in [1.54, 1.807) is 11.8 Å². The summed E-state index contributed by atoms with van der Waals surface area (Å²) >= 11 is -2.14. The first kappa shape index (κ1) is 14.0. The van der Waals surface area contributed by atoms with Crippen LogP contribution in [0.15, 0.2) is 0 Å². The van der Waals surface area contributed by atoms with Crippen LogP contribution >= 0.6 is 0 Å². The molecule has 0 aliphatic carbocycles. The summed E-state index contributed by atoms with van der Waals surface area (Å²) in [6, 6.07) is 0.